The van der Waals surface area contributed by atoms with Crippen LogP contribution < -0.4 is 21.3 Å². The first-order chi connectivity index (χ1) is 11.6. The summed E-state index contributed by atoms with van der Waals surface area (Å²) < 4.78 is 0. The lowest BCUT2D eigenvalue weighted by Gasteiger charge is -2.17. The highest BCUT2D eigenvalue weighted by Gasteiger charge is 2.15. The van der Waals surface area contributed by atoms with Crippen molar-refractivity contribution >= 4 is 41.7 Å². The molecule has 1 fully saturated rings. The summed E-state index contributed by atoms with van der Waals surface area (Å²) >= 11 is 0. The van der Waals surface area contributed by atoms with Crippen LogP contribution in [0.4, 0.5) is 10.5 Å². The Bertz CT molecular complexity index is 553. The second-order valence-electron chi connectivity index (χ2n) is 6.50. The number of amides is 2. The van der Waals surface area contributed by atoms with Crippen molar-refractivity contribution < 1.29 is 4.79 Å². The van der Waals surface area contributed by atoms with E-state index < -0.39 is 0 Å². The molecule has 0 atom stereocenters. The van der Waals surface area contributed by atoms with E-state index in [9.17, 15) is 4.79 Å². The molecule has 2 rings (SSSR count). The average Bonchev–Trinajstić information content (AvgIpc) is 3.05. The van der Waals surface area contributed by atoms with E-state index in [0.29, 0.717) is 12.6 Å². The van der Waals surface area contributed by atoms with Crippen LogP contribution in [-0.2, 0) is 6.54 Å². The Kier molecular flexibility index (Phi) is 9.62. The Labute approximate surface area is 167 Å². The van der Waals surface area contributed by atoms with Gasteiger partial charge < -0.3 is 21.3 Å². The van der Waals surface area contributed by atoms with Crippen LogP contribution in [0, 0.1) is 0 Å². The van der Waals surface area contributed by atoms with E-state index in [1.807, 2.05) is 38.1 Å². The molecular formula is C18H30IN5O. The van der Waals surface area contributed by atoms with Crippen molar-refractivity contribution in [3.8, 4) is 0 Å². The van der Waals surface area contributed by atoms with Crippen LogP contribution in [0.25, 0.3) is 0 Å². The fourth-order valence-electron chi connectivity index (χ4n) is 2.78. The van der Waals surface area contributed by atoms with Gasteiger partial charge in [0.2, 0.25) is 0 Å². The van der Waals surface area contributed by atoms with E-state index in [-0.39, 0.29) is 36.0 Å². The van der Waals surface area contributed by atoms with Gasteiger partial charge in [0, 0.05) is 31.4 Å². The molecule has 7 heteroatoms. The predicted octanol–water partition coefficient (Wildman–Crippen LogP) is 3.44. The number of aliphatic imine (C=N–C) groups is 1. The normalized spacial score (nSPS) is 14.8. The topological polar surface area (TPSA) is 77.5 Å². The molecule has 1 aromatic carbocycles. The summed E-state index contributed by atoms with van der Waals surface area (Å²) in [6, 6.07) is 8.29. The first kappa shape index (κ1) is 21.5. The molecule has 0 spiro atoms. The first-order valence-electron chi connectivity index (χ1n) is 8.70. The zero-order valence-electron chi connectivity index (χ0n) is 15.3. The zero-order chi connectivity index (χ0) is 17.4. The Balaban J connectivity index is 0.00000312. The summed E-state index contributed by atoms with van der Waals surface area (Å²) in [4.78, 5) is 15.9. The zero-order valence-corrected chi connectivity index (χ0v) is 17.6. The summed E-state index contributed by atoms with van der Waals surface area (Å²) in [5, 5.41) is 12.4. The molecule has 0 heterocycles. The van der Waals surface area contributed by atoms with Gasteiger partial charge in [-0.25, -0.2) is 4.79 Å². The number of nitrogens with zero attached hydrogens (tertiary/aromatic N) is 1. The van der Waals surface area contributed by atoms with E-state index in [1.54, 1.807) is 7.05 Å². The largest absolute Gasteiger partial charge is 0.354 e. The molecule has 0 radical (unpaired) electrons. The van der Waals surface area contributed by atoms with Crippen LogP contribution in [-0.4, -0.2) is 31.1 Å². The molecule has 0 aliphatic heterocycles. The van der Waals surface area contributed by atoms with E-state index in [0.717, 1.165) is 17.2 Å². The van der Waals surface area contributed by atoms with Crippen LogP contribution in [0.1, 0.15) is 45.1 Å². The minimum absolute atomic E-state index is 0. The van der Waals surface area contributed by atoms with Gasteiger partial charge in [0.15, 0.2) is 5.96 Å². The molecule has 1 aliphatic carbocycles. The molecule has 25 heavy (non-hydrogen) atoms. The van der Waals surface area contributed by atoms with Crippen LogP contribution >= 0.6 is 24.0 Å². The van der Waals surface area contributed by atoms with Gasteiger partial charge in [0.05, 0.1) is 0 Å². The smallest absolute Gasteiger partial charge is 0.319 e. The summed E-state index contributed by atoms with van der Waals surface area (Å²) in [6.07, 6.45) is 5.04. The molecule has 1 aliphatic rings. The maximum atomic E-state index is 11.7. The van der Waals surface area contributed by atoms with Gasteiger partial charge in [0.1, 0.15) is 0 Å². The van der Waals surface area contributed by atoms with Crippen molar-refractivity contribution in [3.63, 3.8) is 0 Å². The molecule has 0 saturated heterocycles. The number of rotatable bonds is 5. The Morgan fingerprint density at radius 3 is 2.40 bits per heavy atom. The number of nitrogens with one attached hydrogen (secondary N) is 4. The molecule has 4 N–H and O–H groups in total. The lowest BCUT2D eigenvalue weighted by molar-refractivity contribution is 0.250. The monoisotopic (exact) mass is 459 g/mol. The molecule has 1 saturated carbocycles. The SMILES string of the molecule is CN=C(NCc1ccc(NC(=O)NC(C)C)cc1)NC1CCCC1.I. The highest BCUT2D eigenvalue weighted by molar-refractivity contribution is 14.0. The fraction of sp³-hybridized carbons (Fsp3) is 0.556. The number of hydrogen-bond acceptors (Lipinski definition) is 2. The number of hydrogen-bond donors (Lipinski definition) is 4. The van der Waals surface area contributed by atoms with E-state index in [1.165, 1.54) is 25.7 Å². The maximum Gasteiger partial charge on any atom is 0.319 e. The Hall–Kier alpha value is -1.51. The summed E-state index contributed by atoms with van der Waals surface area (Å²) in [5.41, 5.74) is 1.92. The highest BCUT2D eigenvalue weighted by atomic mass is 127. The van der Waals surface area contributed by atoms with Gasteiger partial charge in [-0.05, 0) is 44.4 Å². The molecular weight excluding hydrogens is 429 g/mol. The first-order valence-corrected chi connectivity index (χ1v) is 8.70. The third-order valence-corrected chi connectivity index (χ3v) is 4.01. The quantitative estimate of drug-likeness (QED) is 0.310. The van der Waals surface area contributed by atoms with Crippen molar-refractivity contribution in [2.45, 2.75) is 58.2 Å². The standard InChI is InChI=1S/C18H29N5O.HI/c1-13(2)21-18(24)23-16-10-8-14(9-11-16)12-20-17(19-3)22-15-6-4-5-7-15;/h8-11,13,15H,4-7,12H2,1-3H3,(H2,19,20,22)(H2,21,23,24);1H. The van der Waals surface area contributed by atoms with Gasteiger partial charge in [-0.3, -0.25) is 4.99 Å². The third kappa shape index (κ3) is 7.94. The number of urea groups is 1. The average molecular weight is 459 g/mol. The predicted molar refractivity (Wildman–Crippen MR) is 115 cm³/mol. The molecule has 0 bridgehead atoms. The van der Waals surface area contributed by atoms with Crippen molar-refractivity contribution in [2.24, 2.45) is 4.99 Å². The summed E-state index contributed by atoms with van der Waals surface area (Å²) in [6.45, 7) is 4.56. The Morgan fingerprint density at radius 2 is 1.84 bits per heavy atom. The Morgan fingerprint density at radius 1 is 1.20 bits per heavy atom. The van der Waals surface area contributed by atoms with Crippen molar-refractivity contribution in [1.82, 2.24) is 16.0 Å². The second-order valence-corrected chi connectivity index (χ2v) is 6.50. The number of carbonyl (C=O) groups is 1. The summed E-state index contributed by atoms with van der Waals surface area (Å²) in [5.74, 6) is 0.848. The lowest BCUT2D eigenvalue weighted by Crippen LogP contribution is -2.41. The highest BCUT2D eigenvalue weighted by Crippen LogP contribution is 2.17. The number of anilines is 1. The van der Waals surface area contributed by atoms with Crippen LogP contribution in [0.2, 0.25) is 0 Å². The molecule has 0 aromatic heterocycles. The van der Waals surface area contributed by atoms with Gasteiger partial charge >= 0.3 is 6.03 Å². The number of carbonyl (C=O) groups excluding carboxylic acids is 1. The minimum Gasteiger partial charge on any atom is -0.354 e. The minimum atomic E-state index is -0.183. The molecule has 1 aromatic rings. The van der Waals surface area contributed by atoms with Crippen molar-refractivity contribution in [3.05, 3.63) is 29.8 Å². The van der Waals surface area contributed by atoms with Crippen molar-refractivity contribution in [2.75, 3.05) is 12.4 Å². The fourth-order valence-corrected chi connectivity index (χ4v) is 2.78. The van der Waals surface area contributed by atoms with Gasteiger partial charge in [-0.15, -0.1) is 24.0 Å². The van der Waals surface area contributed by atoms with Crippen LogP contribution in [0.15, 0.2) is 29.3 Å². The molecule has 0 unspecified atom stereocenters. The number of halogens is 1. The van der Waals surface area contributed by atoms with E-state index in [4.69, 9.17) is 0 Å². The molecule has 6 nitrogen and oxygen atoms in total. The van der Waals surface area contributed by atoms with Gasteiger partial charge in [-0.2, -0.15) is 0 Å². The number of guanidine groups is 1. The molecule has 140 valence electrons. The van der Waals surface area contributed by atoms with E-state index >= 15 is 0 Å². The third-order valence-electron chi connectivity index (χ3n) is 4.01. The summed E-state index contributed by atoms with van der Waals surface area (Å²) in [7, 11) is 1.80. The van der Waals surface area contributed by atoms with Crippen LogP contribution in [0.3, 0.4) is 0 Å². The van der Waals surface area contributed by atoms with Crippen molar-refractivity contribution in [1.29, 1.82) is 0 Å². The maximum absolute atomic E-state index is 11.7. The lowest BCUT2D eigenvalue weighted by atomic mass is 10.2. The number of benzene rings is 1. The molecule has 2 amide bonds. The van der Waals surface area contributed by atoms with Crippen LogP contribution in [0.5, 0.6) is 0 Å². The second kappa shape index (κ2) is 11.2. The van der Waals surface area contributed by atoms with Gasteiger partial charge in [-0.1, -0.05) is 25.0 Å². The van der Waals surface area contributed by atoms with E-state index in [2.05, 4.69) is 26.3 Å². The van der Waals surface area contributed by atoms with Gasteiger partial charge in [0.25, 0.3) is 0 Å².